The van der Waals surface area contributed by atoms with Gasteiger partial charge >= 0.3 is 0 Å². The van der Waals surface area contributed by atoms with Gasteiger partial charge in [-0.25, -0.2) is 4.98 Å². The number of morpholine rings is 2. The monoisotopic (exact) mass is 519 g/mol. The van der Waals surface area contributed by atoms with Crippen LogP contribution in [0.3, 0.4) is 0 Å². The van der Waals surface area contributed by atoms with Crippen LogP contribution in [-0.2, 0) is 23.1 Å². The molecular weight excluding hydrogens is 490 g/mol. The number of aryl methyl sites for hydroxylation is 1. The molecule has 0 saturated carbocycles. The van der Waals surface area contributed by atoms with Crippen molar-refractivity contribution >= 4 is 40.0 Å². The zero-order valence-electron chi connectivity index (χ0n) is 20.9. The summed E-state index contributed by atoms with van der Waals surface area (Å²) in [6.07, 6.45) is 0. The number of nitrogens with one attached hydrogen (secondary N) is 1. The van der Waals surface area contributed by atoms with Crippen LogP contribution in [0.25, 0.3) is 22.2 Å². The first-order valence-corrected chi connectivity index (χ1v) is 13.0. The first-order chi connectivity index (χ1) is 18.1. The van der Waals surface area contributed by atoms with E-state index in [0.717, 1.165) is 79.9 Å². The molecule has 192 valence electrons. The van der Waals surface area contributed by atoms with Gasteiger partial charge in [0.05, 0.1) is 43.3 Å². The van der Waals surface area contributed by atoms with Crippen molar-refractivity contribution in [2.24, 2.45) is 7.05 Å². The Balaban J connectivity index is 1.35. The van der Waals surface area contributed by atoms with Crippen LogP contribution in [0.2, 0.25) is 5.02 Å². The molecule has 0 atom stereocenters. The molecular formula is C27H30ClN7O2. The van der Waals surface area contributed by atoms with Crippen molar-refractivity contribution in [3.05, 3.63) is 59.2 Å². The average molecular weight is 520 g/mol. The summed E-state index contributed by atoms with van der Waals surface area (Å²) < 4.78 is 13.0. The summed E-state index contributed by atoms with van der Waals surface area (Å²) in [5.41, 5.74) is 4.96. The molecule has 9 nitrogen and oxygen atoms in total. The van der Waals surface area contributed by atoms with Crippen molar-refractivity contribution < 1.29 is 9.47 Å². The molecule has 0 radical (unpaired) electrons. The van der Waals surface area contributed by atoms with Crippen LogP contribution in [0.5, 0.6) is 0 Å². The molecule has 0 amide bonds. The second-order valence-electron chi connectivity index (χ2n) is 9.36. The van der Waals surface area contributed by atoms with Crippen molar-refractivity contribution in [1.29, 1.82) is 0 Å². The number of hydrogen-bond acceptors (Lipinski definition) is 8. The lowest BCUT2D eigenvalue weighted by atomic mass is 10.1. The Hall–Kier alpha value is -3.24. The predicted octanol–water partition coefficient (Wildman–Crippen LogP) is 4.10. The van der Waals surface area contributed by atoms with Crippen molar-refractivity contribution in [1.82, 2.24) is 24.6 Å². The van der Waals surface area contributed by atoms with Gasteiger partial charge in [-0.3, -0.25) is 9.58 Å². The highest BCUT2D eigenvalue weighted by molar-refractivity contribution is 6.30. The molecule has 1 N–H and O–H groups in total. The summed E-state index contributed by atoms with van der Waals surface area (Å²) in [5.74, 6) is 1.42. The molecule has 37 heavy (non-hydrogen) atoms. The SMILES string of the molecule is Cn1nc(CN2CCOCC2)c2ccc(-c3cc(Nc4ccc(Cl)cc4)nc(N4CCOCC4)n3)cc21. The molecule has 2 saturated heterocycles. The van der Waals surface area contributed by atoms with E-state index >= 15 is 0 Å². The molecule has 4 heterocycles. The third kappa shape index (κ3) is 5.40. The minimum absolute atomic E-state index is 0.667. The molecule has 2 fully saturated rings. The minimum atomic E-state index is 0.667. The van der Waals surface area contributed by atoms with Crippen LogP contribution < -0.4 is 10.2 Å². The summed E-state index contributed by atoms with van der Waals surface area (Å²) in [7, 11) is 2.00. The third-order valence-corrected chi connectivity index (χ3v) is 7.08. The fourth-order valence-corrected chi connectivity index (χ4v) is 4.94. The number of rotatable bonds is 6. The average Bonchev–Trinajstić information content (AvgIpc) is 3.25. The van der Waals surface area contributed by atoms with Gasteiger partial charge in [0.2, 0.25) is 5.95 Å². The van der Waals surface area contributed by atoms with Gasteiger partial charge in [0.25, 0.3) is 0 Å². The summed E-state index contributed by atoms with van der Waals surface area (Å²) >= 11 is 6.08. The maximum absolute atomic E-state index is 6.08. The van der Waals surface area contributed by atoms with E-state index in [9.17, 15) is 0 Å². The highest BCUT2D eigenvalue weighted by Crippen LogP contribution is 2.29. The number of aromatic nitrogens is 4. The molecule has 2 aliphatic heterocycles. The number of halogens is 1. The first-order valence-electron chi connectivity index (χ1n) is 12.6. The quantitative estimate of drug-likeness (QED) is 0.408. The molecule has 0 aliphatic carbocycles. The van der Waals surface area contributed by atoms with Gasteiger partial charge in [0.1, 0.15) is 5.82 Å². The van der Waals surface area contributed by atoms with Crippen LogP contribution in [0, 0.1) is 0 Å². The van der Waals surface area contributed by atoms with Crippen LogP contribution in [0.1, 0.15) is 5.69 Å². The van der Waals surface area contributed by atoms with E-state index in [0.29, 0.717) is 24.2 Å². The Labute approximate surface area is 221 Å². The highest BCUT2D eigenvalue weighted by Gasteiger charge is 2.19. The van der Waals surface area contributed by atoms with Gasteiger partial charge in [-0.1, -0.05) is 23.7 Å². The standard InChI is InChI=1S/C27H30ClN7O2/c1-33-25-16-19(2-7-22(25)24(32-33)18-34-8-12-36-13-9-34)23-17-26(29-21-5-3-20(28)4-6-21)31-27(30-23)35-10-14-37-15-11-35/h2-7,16-17H,8-15,18H2,1H3,(H,29,30,31). The zero-order chi connectivity index (χ0) is 25.2. The number of nitrogens with zero attached hydrogens (tertiary/aromatic N) is 6. The number of hydrogen-bond donors (Lipinski definition) is 1. The Bertz CT molecular complexity index is 1380. The van der Waals surface area contributed by atoms with Gasteiger partial charge in [0.15, 0.2) is 0 Å². The zero-order valence-corrected chi connectivity index (χ0v) is 21.6. The number of anilines is 3. The lowest BCUT2D eigenvalue weighted by molar-refractivity contribution is 0.0337. The molecule has 0 unspecified atom stereocenters. The Morgan fingerprint density at radius 1 is 0.892 bits per heavy atom. The smallest absolute Gasteiger partial charge is 0.228 e. The van der Waals surface area contributed by atoms with Crippen LogP contribution in [0.15, 0.2) is 48.5 Å². The molecule has 2 aliphatic rings. The van der Waals surface area contributed by atoms with E-state index in [1.165, 1.54) is 5.39 Å². The molecule has 0 spiro atoms. The van der Waals surface area contributed by atoms with Gasteiger partial charge in [-0.2, -0.15) is 10.1 Å². The normalized spacial score (nSPS) is 16.9. The van der Waals surface area contributed by atoms with E-state index in [4.69, 9.17) is 36.1 Å². The molecule has 2 aromatic carbocycles. The molecule has 4 aromatic rings. The fraction of sp³-hybridized carbons (Fsp3) is 0.370. The molecule has 10 heteroatoms. The Morgan fingerprint density at radius 2 is 1.62 bits per heavy atom. The van der Waals surface area contributed by atoms with Crippen LogP contribution in [-0.4, -0.2) is 77.3 Å². The molecule has 6 rings (SSSR count). The number of fused-ring (bicyclic) bond motifs is 1. The lowest BCUT2D eigenvalue weighted by Gasteiger charge is -2.27. The van der Waals surface area contributed by atoms with Crippen LogP contribution >= 0.6 is 11.6 Å². The van der Waals surface area contributed by atoms with E-state index in [1.54, 1.807) is 0 Å². The fourth-order valence-electron chi connectivity index (χ4n) is 4.81. The van der Waals surface area contributed by atoms with Crippen molar-refractivity contribution in [2.45, 2.75) is 6.54 Å². The third-order valence-electron chi connectivity index (χ3n) is 6.83. The molecule has 2 aromatic heterocycles. The number of ether oxygens (including phenoxy) is 2. The summed E-state index contributed by atoms with van der Waals surface area (Å²) in [5, 5.41) is 10.1. The first kappa shape index (κ1) is 24.1. The van der Waals surface area contributed by atoms with Gasteiger partial charge in [-0.15, -0.1) is 0 Å². The van der Waals surface area contributed by atoms with Gasteiger partial charge < -0.3 is 19.7 Å². The van der Waals surface area contributed by atoms with E-state index in [1.807, 2.05) is 42.1 Å². The lowest BCUT2D eigenvalue weighted by Crippen LogP contribution is -2.37. The van der Waals surface area contributed by atoms with Crippen LogP contribution in [0.4, 0.5) is 17.5 Å². The highest BCUT2D eigenvalue weighted by atomic mass is 35.5. The van der Waals surface area contributed by atoms with Gasteiger partial charge in [-0.05, 0) is 30.3 Å². The maximum atomic E-state index is 6.08. The maximum Gasteiger partial charge on any atom is 0.228 e. The second-order valence-corrected chi connectivity index (χ2v) is 9.80. The Kier molecular flexibility index (Phi) is 6.93. The largest absolute Gasteiger partial charge is 0.379 e. The van der Waals surface area contributed by atoms with Crippen molar-refractivity contribution in [3.8, 4) is 11.3 Å². The summed E-state index contributed by atoms with van der Waals surface area (Å²) in [4.78, 5) is 14.4. The second kappa shape index (κ2) is 10.6. The molecule has 0 bridgehead atoms. The predicted molar refractivity (Wildman–Crippen MR) is 146 cm³/mol. The van der Waals surface area contributed by atoms with Gasteiger partial charge in [0, 0.05) is 67.5 Å². The summed E-state index contributed by atoms with van der Waals surface area (Å²) in [6.45, 7) is 7.10. The van der Waals surface area contributed by atoms with Crippen molar-refractivity contribution in [2.75, 3.05) is 62.8 Å². The number of benzene rings is 2. The Morgan fingerprint density at radius 3 is 2.38 bits per heavy atom. The topological polar surface area (TPSA) is 80.6 Å². The van der Waals surface area contributed by atoms with E-state index in [2.05, 4.69) is 33.3 Å². The van der Waals surface area contributed by atoms with E-state index in [-0.39, 0.29) is 0 Å². The minimum Gasteiger partial charge on any atom is -0.379 e. The summed E-state index contributed by atoms with van der Waals surface area (Å²) in [6, 6.07) is 16.1. The van der Waals surface area contributed by atoms with Crippen molar-refractivity contribution in [3.63, 3.8) is 0 Å². The van der Waals surface area contributed by atoms with E-state index < -0.39 is 0 Å².